The van der Waals surface area contributed by atoms with Crippen LogP contribution in [-0.4, -0.2) is 41.9 Å². The number of rotatable bonds is 8. The van der Waals surface area contributed by atoms with Crippen molar-refractivity contribution in [3.05, 3.63) is 35.6 Å². The summed E-state index contributed by atoms with van der Waals surface area (Å²) in [4.78, 5) is 2.18. The Balaban J connectivity index is 1.86. The van der Waals surface area contributed by atoms with Crippen LogP contribution >= 0.6 is 0 Å². The molecule has 1 unspecified atom stereocenters. The first-order valence-electron chi connectivity index (χ1n) is 6.87. The number of hydrogen-bond donors (Lipinski definition) is 1. The van der Waals surface area contributed by atoms with E-state index in [-0.39, 0.29) is 19.0 Å². The molecule has 1 atom stereocenters. The normalized spacial score (nSPS) is 16.1. The van der Waals surface area contributed by atoms with Gasteiger partial charge in [0, 0.05) is 19.1 Å². The lowest BCUT2D eigenvalue weighted by Gasteiger charge is -2.25. The van der Waals surface area contributed by atoms with Crippen molar-refractivity contribution in [2.45, 2.75) is 31.5 Å². The third kappa shape index (κ3) is 4.93. The van der Waals surface area contributed by atoms with Gasteiger partial charge in [-0.1, -0.05) is 18.1 Å². The number of halogens is 1. The zero-order chi connectivity index (χ0) is 14.4. The maximum absolute atomic E-state index is 13.2. The Bertz CT molecular complexity index is 468. The maximum atomic E-state index is 13.2. The Morgan fingerprint density at radius 2 is 2.30 bits per heavy atom. The molecule has 1 fully saturated rings. The van der Waals surface area contributed by atoms with Crippen LogP contribution in [0.15, 0.2) is 24.3 Å². The molecule has 3 nitrogen and oxygen atoms in total. The molecule has 1 N–H and O–H groups in total. The minimum Gasteiger partial charge on any atom is -0.389 e. The fourth-order valence-corrected chi connectivity index (χ4v) is 2.23. The quantitative estimate of drug-likeness (QED) is 0.581. The molecule has 0 heterocycles. The van der Waals surface area contributed by atoms with E-state index in [9.17, 15) is 9.50 Å². The van der Waals surface area contributed by atoms with Crippen LogP contribution < -0.4 is 0 Å². The standard InChI is InChI=1S/C16H20FNO2/c1-2-8-20-12-16(19)11-18(15-6-7-15)10-13-4-3-5-14(17)9-13/h1,3-5,9,15-16,19H,6-8,10-12H2. The van der Waals surface area contributed by atoms with Gasteiger partial charge in [0.05, 0.1) is 12.7 Å². The predicted octanol–water partition coefficient (Wildman–Crippen LogP) is 1.80. The number of aliphatic hydroxyl groups is 1. The number of benzene rings is 1. The Kier molecular flexibility index (Phi) is 5.54. The summed E-state index contributed by atoms with van der Waals surface area (Å²) in [6.45, 7) is 1.61. The zero-order valence-corrected chi connectivity index (χ0v) is 11.5. The molecule has 0 aliphatic heterocycles. The minimum absolute atomic E-state index is 0.213. The molecule has 1 saturated carbocycles. The Hall–Kier alpha value is -1.41. The van der Waals surface area contributed by atoms with Gasteiger partial charge in [-0.05, 0) is 30.5 Å². The molecule has 0 saturated heterocycles. The van der Waals surface area contributed by atoms with Crippen molar-refractivity contribution >= 4 is 0 Å². The zero-order valence-electron chi connectivity index (χ0n) is 11.5. The van der Waals surface area contributed by atoms with Crippen molar-refractivity contribution in [3.63, 3.8) is 0 Å². The van der Waals surface area contributed by atoms with E-state index in [2.05, 4.69) is 10.8 Å². The van der Waals surface area contributed by atoms with E-state index >= 15 is 0 Å². The number of terminal acetylenes is 1. The lowest BCUT2D eigenvalue weighted by molar-refractivity contribution is 0.0242. The van der Waals surface area contributed by atoms with Crippen LogP contribution in [0.3, 0.4) is 0 Å². The Morgan fingerprint density at radius 1 is 1.50 bits per heavy atom. The summed E-state index contributed by atoms with van der Waals surface area (Å²) in [5.41, 5.74) is 0.925. The van der Waals surface area contributed by atoms with Crippen LogP contribution in [-0.2, 0) is 11.3 Å². The van der Waals surface area contributed by atoms with Crippen molar-refractivity contribution in [3.8, 4) is 12.3 Å². The van der Waals surface area contributed by atoms with Crippen LogP contribution in [0.25, 0.3) is 0 Å². The first-order chi connectivity index (χ1) is 9.69. The van der Waals surface area contributed by atoms with Gasteiger partial charge in [-0.3, -0.25) is 4.90 Å². The third-order valence-electron chi connectivity index (χ3n) is 3.28. The number of ether oxygens (including phenoxy) is 1. The van der Waals surface area contributed by atoms with Gasteiger partial charge in [-0.25, -0.2) is 4.39 Å². The Labute approximate surface area is 119 Å². The maximum Gasteiger partial charge on any atom is 0.123 e. The van der Waals surface area contributed by atoms with Gasteiger partial charge in [0.15, 0.2) is 0 Å². The molecule has 1 aromatic carbocycles. The highest BCUT2D eigenvalue weighted by Crippen LogP contribution is 2.28. The first-order valence-corrected chi connectivity index (χ1v) is 6.87. The molecule has 1 aliphatic rings. The molecule has 2 rings (SSSR count). The smallest absolute Gasteiger partial charge is 0.123 e. The number of aliphatic hydroxyl groups excluding tert-OH is 1. The largest absolute Gasteiger partial charge is 0.389 e. The average Bonchev–Trinajstić information content (AvgIpc) is 3.22. The molecule has 20 heavy (non-hydrogen) atoms. The molecule has 1 aromatic rings. The lowest BCUT2D eigenvalue weighted by atomic mass is 10.2. The molecule has 0 bridgehead atoms. The molecule has 0 radical (unpaired) electrons. The van der Waals surface area contributed by atoms with Gasteiger partial charge in [-0.2, -0.15) is 0 Å². The summed E-state index contributed by atoms with van der Waals surface area (Å²) >= 11 is 0. The lowest BCUT2D eigenvalue weighted by Crippen LogP contribution is -2.36. The van der Waals surface area contributed by atoms with E-state index in [0.717, 1.165) is 18.4 Å². The van der Waals surface area contributed by atoms with Crippen LogP contribution in [0, 0.1) is 18.2 Å². The van der Waals surface area contributed by atoms with E-state index in [4.69, 9.17) is 11.2 Å². The second-order valence-electron chi connectivity index (χ2n) is 5.16. The van der Waals surface area contributed by atoms with Crippen molar-refractivity contribution < 1.29 is 14.2 Å². The summed E-state index contributed by atoms with van der Waals surface area (Å²) in [5.74, 6) is 2.14. The molecular weight excluding hydrogens is 257 g/mol. The summed E-state index contributed by atoms with van der Waals surface area (Å²) in [7, 11) is 0. The SMILES string of the molecule is C#CCOCC(O)CN(Cc1cccc(F)c1)C1CC1. The molecule has 0 aromatic heterocycles. The van der Waals surface area contributed by atoms with E-state index in [1.807, 2.05) is 6.07 Å². The van der Waals surface area contributed by atoms with Gasteiger partial charge in [0.2, 0.25) is 0 Å². The first kappa shape index (κ1) is 15.0. The van der Waals surface area contributed by atoms with E-state index in [0.29, 0.717) is 19.1 Å². The highest BCUT2D eigenvalue weighted by Gasteiger charge is 2.30. The van der Waals surface area contributed by atoms with Crippen LogP contribution in [0.2, 0.25) is 0 Å². The summed E-state index contributed by atoms with van der Waals surface area (Å²) in [5, 5.41) is 9.95. The third-order valence-corrected chi connectivity index (χ3v) is 3.28. The summed E-state index contributed by atoms with van der Waals surface area (Å²) in [6.07, 6.45) is 6.78. The van der Waals surface area contributed by atoms with Gasteiger partial charge < -0.3 is 9.84 Å². The molecule has 0 spiro atoms. The topological polar surface area (TPSA) is 32.7 Å². The van der Waals surface area contributed by atoms with Crippen LogP contribution in [0.4, 0.5) is 4.39 Å². The fourth-order valence-electron chi connectivity index (χ4n) is 2.23. The van der Waals surface area contributed by atoms with Gasteiger partial charge in [0.1, 0.15) is 12.4 Å². The monoisotopic (exact) mass is 277 g/mol. The average molecular weight is 277 g/mol. The fraction of sp³-hybridized carbons (Fsp3) is 0.500. The highest BCUT2D eigenvalue weighted by atomic mass is 19.1. The second-order valence-corrected chi connectivity index (χ2v) is 5.16. The van der Waals surface area contributed by atoms with E-state index in [1.54, 1.807) is 6.07 Å². The summed E-state index contributed by atoms with van der Waals surface area (Å²) < 4.78 is 18.3. The highest BCUT2D eigenvalue weighted by molar-refractivity contribution is 5.16. The van der Waals surface area contributed by atoms with Crippen LogP contribution in [0.5, 0.6) is 0 Å². The van der Waals surface area contributed by atoms with Crippen LogP contribution in [0.1, 0.15) is 18.4 Å². The second kappa shape index (κ2) is 7.39. The molecular formula is C16H20FNO2. The van der Waals surface area contributed by atoms with Gasteiger partial charge in [0.25, 0.3) is 0 Å². The predicted molar refractivity (Wildman–Crippen MR) is 75.5 cm³/mol. The van der Waals surface area contributed by atoms with Gasteiger partial charge in [-0.15, -0.1) is 6.42 Å². The van der Waals surface area contributed by atoms with Crippen molar-refractivity contribution in [2.24, 2.45) is 0 Å². The molecule has 0 amide bonds. The van der Waals surface area contributed by atoms with Crippen molar-refractivity contribution in [1.29, 1.82) is 0 Å². The Morgan fingerprint density at radius 3 is 2.95 bits per heavy atom. The minimum atomic E-state index is -0.572. The van der Waals surface area contributed by atoms with E-state index in [1.165, 1.54) is 12.1 Å². The number of hydrogen-bond acceptors (Lipinski definition) is 3. The summed E-state index contributed by atoms with van der Waals surface area (Å²) in [6, 6.07) is 7.08. The van der Waals surface area contributed by atoms with E-state index < -0.39 is 6.10 Å². The molecule has 4 heteroatoms. The van der Waals surface area contributed by atoms with Crippen molar-refractivity contribution in [1.82, 2.24) is 4.90 Å². The molecule has 1 aliphatic carbocycles. The number of nitrogens with zero attached hydrogens (tertiary/aromatic N) is 1. The van der Waals surface area contributed by atoms with Crippen molar-refractivity contribution in [2.75, 3.05) is 19.8 Å². The molecule has 108 valence electrons. The van der Waals surface area contributed by atoms with Gasteiger partial charge >= 0.3 is 0 Å².